The zero-order valence-electron chi connectivity index (χ0n) is 16.4. The average Bonchev–Trinajstić information content (AvgIpc) is 2.78. The van der Waals surface area contributed by atoms with E-state index in [0.29, 0.717) is 24.5 Å². The third kappa shape index (κ3) is 3.98. The highest BCUT2D eigenvalue weighted by atomic mass is 16.5. The molecule has 0 unspecified atom stereocenters. The number of aliphatic hydroxyl groups excluding tert-OH is 1. The van der Waals surface area contributed by atoms with E-state index in [0.717, 1.165) is 34.1 Å². The Bertz CT molecular complexity index is 1160. The van der Waals surface area contributed by atoms with E-state index >= 15 is 0 Å². The molecule has 0 saturated heterocycles. The van der Waals surface area contributed by atoms with Crippen LogP contribution in [0.25, 0.3) is 10.9 Å². The molecule has 0 radical (unpaired) electrons. The summed E-state index contributed by atoms with van der Waals surface area (Å²) in [5, 5.41) is 11.8. The van der Waals surface area contributed by atoms with Gasteiger partial charge in [0.15, 0.2) is 0 Å². The quantitative estimate of drug-likeness (QED) is 0.531. The molecule has 30 heavy (non-hydrogen) atoms. The van der Waals surface area contributed by atoms with Crippen molar-refractivity contribution in [1.82, 2.24) is 9.97 Å². The fraction of sp³-hybridized carbons (Fsp3) is 0.200. The molecule has 2 aromatic carbocycles. The van der Waals surface area contributed by atoms with Crippen LogP contribution in [0.2, 0.25) is 0 Å². The summed E-state index contributed by atoms with van der Waals surface area (Å²) < 4.78 is 12.1. The van der Waals surface area contributed by atoms with Crippen LogP contribution in [0.5, 0.6) is 11.5 Å². The number of fused-ring (bicyclic) bond motifs is 2. The fourth-order valence-corrected chi connectivity index (χ4v) is 3.84. The lowest BCUT2D eigenvalue weighted by Crippen LogP contribution is -2.27. The second-order valence-electron chi connectivity index (χ2n) is 7.54. The summed E-state index contributed by atoms with van der Waals surface area (Å²) in [6.45, 7) is 0.365. The molecule has 2 atom stereocenters. The van der Waals surface area contributed by atoms with Crippen molar-refractivity contribution < 1.29 is 14.6 Å². The highest BCUT2D eigenvalue weighted by Crippen LogP contribution is 2.38. The first-order valence-corrected chi connectivity index (χ1v) is 10.1. The van der Waals surface area contributed by atoms with Crippen LogP contribution in [0.4, 0.5) is 0 Å². The first-order chi connectivity index (χ1) is 14.7. The minimum Gasteiger partial charge on any atom is -0.490 e. The predicted molar refractivity (Wildman–Crippen MR) is 114 cm³/mol. The van der Waals surface area contributed by atoms with Gasteiger partial charge in [-0.2, -0.15) is 0 Å². The van der Waals surface area contributed by atoms with Gasteiger partial charge >= 0.3 is 0 Å². The van der Waals surface area contributed by atoms with Gasteiger partial charge in [0.2, 0.25) is 0 Å². The normalized spacial score (nSPS) is 17.9. The maximum absolute atomic E-state index is 10.7. The number of hydrogen-bond donors (Lipinski definition) is 1. The molecule has 1 aliphatic heterocycles. The number of para-hydroxylation sites is 1. The summed E-state index contributed by atoms with van der Waals surface area (Å²) in [5.74, 6) is 1.40. The van der Waals surface area contributed by atoms with Gasteiger partial charge in [-0.25, -0.2) is 4.98 Å². The number of nitrogens with zero attached hydrogens (tertiary/aromatic N) is 2. The Hall–Kier alpha value is -3.44. The molecule has 2 aromatic heterocycles. The van der Waals surface area contributed by atoms with Crippen molar-refractivity contribution in [3.8, 4) is 11.5 Å². The molecule has 150 valence electrons. The number of ether oxygens (including phenoxy) is 2. The van der Waals surface area contributed by atoms with Crippen molar-refractivity contribution in [3.05, 3.63) is 95.9 Å². The summed E-state index contributed by atoms with van der Waals surface area (Å²) in [7, 11) is 0. The van der Waals surface area contributed by atoms with E-state index in [2.05, 4.69) is 9.97 Å². The van der Waals surface area contributed by atoms with Crippen molar-refractivity contribution in [1.29, 1.82) is 0 Å². The molecule has 0 amide bonds. The second kappa shape index (κ2) is 8.13. The third-order valence-corrected chi connectivity index (χ3v) is 5.35. The summed E-state index contributed by atoms with van der Waals surface area (Å²) in [4.78, 5) is 8.79. The van der Waals surface area contributed by atoms with E-state index in [1.165, 1.54) is 0 Å². The minimum absolute atomic E-state index is 0.0785. The predicted octanol–water partition coefficient (Wildman–Crippen LogP) is 4.64. The lowest BCUT2D eigenvalue weighted by atomic mass is 9.95. The van der Waals surface area contributed by atoms with Gasteiger partial charge in [-0.15, -0.1) is 0 Å². The first kappa shape index (κ1) is 18.6. The van der Waals surface area contributed by atoms with Gasteiger partial charge in [0.05, 0.1) is 17.3 Å². The number of aliphatic hydroxyl groups is 1. The number of rotatable bonds is 5. The van der Waals surface area contributed by atoms with Gasteiger partial charge in [0, 0.05) is 36.2 Å². The van der Waals surface area contributed by atoms with Gasteiger partial charge in [-0.1, -0.05) is 30.3 Å². The highest BCUT2D eigenvalue weighted by Gasteiger charge is 2.27. The number of benzene rings is 2. The standard InChI is InChI=1S/C25H22N2O3/c28-24-14-21(12-17-4-3-11-26-15-17)30-25-10-9-20(13-22(24)25)29-16-19-8-7-18-5-1-2-6-23(18)27-19/h1-11,13,15,21,24,28H,12,14,16H2/t21-,24+/m1/s1. The molecule has 1 aliphatic rings. The number of hydrogen-bond acceptors (Lipinski definition) is 5. The lowest BCUT2D eigenvalue weighted by molar-refractivity contribution is 0.0658. The van der Waals surface area contributed by atoms with E-state index in [1.807, 2.05) is 72.9 Å². The van der Waals surface area contributed by atoms with Gasteiger partial charge in [-0.3, -0.25) is 4.98 Å². The Morgan fingerprint density at radius 1 is 1.03 bits per heavy atom. The van der Waals surface area contributed by atoms with Crippen molar-refractivity contribution >= 4 is 10.9 Å². The van der Waals surface area contributed by atoms with Crippen LogP contribution in [0, 0.1) is 0 Å². The molecule has 0 bridgehead atoms. The average molecular weight is 398 g/mol. The molecule has 5 nitrogen and oxygen atoms in total. The SMILES string of the molecule is O[C@H]1C[C@@H](Cc2cccnc2)Oc2ccc(OCc3ccc4ccccc4n3)cc21. The Morgan fingerprint density at radius 3 is 2.87 bits per heavy atom. The van der Waals surface area contributed by atoms with Gasteiger partial charge in [-0.05, 0) is 42.0 Å². The highest BCUT2D eigenvalue weighted by molar-refractivity contribution is 5.78. The van der Waals surface area contributed by atoms with E-state index in [9.17, 15) is 5.11 Å². The fourth-order valence-electron chi connectivity index (χ4n) is 3.84. The minimum atomic E-state index is -0.585. The molecule has 1 N–H and O–H groups in total. The molecule has 0 fully saturated rings. The molecule has 3 heterocycles. The Balaban J connectivity index is 1.27. The largest absolute Gasteiger partial charge is 0.490 e. The molecule has 4 aromatic rings. The Morgan fingerprint density at radius 2 is 1.97 bits per heavy atom. The van der Waals surface area contributed by atoms with Crippen molar-refractivity contribution in [2.45, 2.75) is 31.7 Å². The topological polar surface area (TPSA) is 64.5 Å². The zero-order chi connectivity index (χ0) is 20.3. The molecular formula is C25H22N2O3. The van der Waals surface area contributed by atoms with Crippen LogP contribution in [-0.4, -0.2) is 21.2 Å². The lowest BCUT2D eigenvalue weighted by Gasteiger charge is -2.30. The van der Waals surface area contributed by atoms with E-state index in [4.69, 9.17) is 9.47 Å². The smallest absolute Gasteiger partial charge is 0.130 e. The first-order valence-electron chi connectivity index (χ1n) is 10.1. The third-order valence-electron chi connectivity index (χ3n) is 5.35. The van der Waals surface area contributed by atoms with Crippen LogP contribution in [0.15, 0.2) is 79.1 Å². The zero-order valence-corrected chi connectivity index (χ0v) is 16.4. The molecule has 5 heteroatoms. The Kier molecular flexibility index (Phi) is 5.03. The summed E-state index contributed by atoms with van der Waals surface area (Å²) >= 11 is 0. The molecular weight excluding hydrogens is 376 g/mol. The molecule has 0 spiro atoms. The van der Waals surface area contributed by atoms with Gasteiger partial charge in [0.25, 0.3) is 0 Å². The van der Waals surface area contributed by atoms with Crippen molar-refractivity contribution in [2.75, 3.05) is 0 Å². The number of pyridine rings is 2. The molecule has 0 saturated carbocycles. The van der Waals surface area contributed by atoms with E-state index < -0.39 is 6.10 Å². The molecule has 0 aliphatic carbocycles. The second-order valence-corrected chi connectivity index (χ2v) is 7.54. The summed E-state index contributed by atoms with van der Waals surface area (Å²) in [6, 6.07) is 21.6. The van der Waals surface area contributed by atoms with Crippen LogP contribution in [0.3, 0.4) is 0 Å². The van der Waals surface area contributed by atoms with Crippen LogP contribution < -0.4 is 9.47 Å². The number of aromatic nitrogens is 2. The monoisotopic (exact) mass is 398 g/mol. The van der Waals surface area contributed by atoms with Gasteiger partial charge < -0.3 is 14.6 Å². The maximum atomic E-state index is 10.7. The summed E-state index contributed by atoms with van der Waals surface area (Å²) in [5.41, 5.74) is 3.68. The Labute approximate surface area is 175 Å². The van der Waals surface area contributed by atoms with Crippen LogP contribution >= 0.6 is 0 Å². The van der Waals surface area contributed by atoms with Gasteiger partial charge in [0.1, 0.15) is 24.2 Å². The van der Waals surface area contributed by atoms with Crippen LogP contribution in [0.1, 0.15) is 29.3 Å². The summed E-state index contributed by atoms with van der Waals surface area (Å²) in [6.07, 6.45) is 4.18. The molecule has 5 rings (SSSR count). The van der Waals surface area contributed by atoms with Crippen molar-refractivity contribution in [2.24, 2.45) is 0 Å². The van der Waals surface area contributed by atoms with E-state index in [1.54, 1.807) is 6.20 Å². The van der Waals surface area contributed by atoms with Crippen LogP contribution in [-0.2, 0) is 13.0 Å². The maximum Gasteiger partial charge on any atom is 0.130 e. The van der Waals surface area contributed by atoms with Crippen molar-refractivity contribution in [3.63, 3.8) is 0 Å². The van der Waals surface area contributed by atoms with E-state index in [-0.39, 0.29) is 6.10 Å².